The molecule has 1 saturated carbocycles. The topological polar surface area (TPSA) is 55.2 Å². The van der Waals surface area contributed by atoms with Crippen molar-refractivity contribution in [1.29, 1.82) is 0 Å². The lowest BCUT2D eigenvalue weighted by Crippen LogP contribution is -2.13. The van der Waals surface area contributed by atoms with Crippen molar-refractivity contribution in [2.45, 2.75) is 19.8 Å². The number of nitrogens with one attached hydrogen (secondary N) is 1. The Morgan fingerprint density at radius 2 is 2.29 bits per heavy atom. The number of anilines is 1. The summed E-state index contributed by atoms with van der Waals surface area (Å²) < 4.78 is 13.5. The van der Waals surface area contributed by atoms with Crippen LogP contribution in [0.25, 0.3) is 0 Å². The van der Waals surface area contributed by atoms with Crippen LogP contribution in [0.4, 0.5) is 15.8 Å². The van der Waals surface area contributed by atoms with Crippen molar-refractivity contribution >= 4 is 11.4 Å². The van der Waals surface area contributed by atoms with E-state index in [9.17, 15) is 14.5 Å². The van der Waals surface area contributed by atoms with Crippen LogP contribution in [-0.2, 0) is 0 Å². The maximum absolute atomic E-state index is 13.5. The first-order chi connectivity index (χ1) is 8.08. The minimum absolute atomic E-state index is 0.219. The van der Waals surface area contributed by atoms with Crippen LogP contribution in [0, 0.1) is 27.8 Å². The van der Waals surface area contributed by atoms with E-state index in [4.69, 9.17) is 0 Å². The second kappa shape index (κ2) is 4.69. The van der Waals surface area contributed by atoms with Gasteiger partial charge in [0.05, 0.1) is 16.7 Å². The molecule has 0 radical (unpaired) electrons. The number of benzene rings is 1. The Labute approximate surface area is 99.0 Å². The Hall–Kier alpha value is -1.65. The third kappa shape index (κ3) is 2.93. The predicted octanol–water partition coefficient (Wildman–Crippen LogP) is 3.19. The number of hydrogen-bond acceptors (Lipinski definition) is 3. The lowest BCUT2D eigenvalue weighted by Gasteiger charge is -2.12. The van der Waals surface area contributed by atoms with Crippen LogP contribution in [0.5, 0.6) is 0 Å². The first-order valence-electron chi connectivity index (χ1n) is 5.75. The van der Waals surface area contributed by atoms with Gasteiger partial charge in [-0.3, -0.25) is 10.1 Å². The largest absolute Gasteiger partial charge is 0.382 e. The minimum Gasteiger partial charge on any atom is -0.382 e. The van der Waals surface area contributed by atoms with Crippen molar-refractivity contribution in [1.82, 2.24) is 0 Å². The highest BCUT2D eigenvalue weighted by Crippen LogP contribution is 2.36. The molecule has 2 rings (SSSR count). The zero-order valence-corrected chi connectivity index (χ0v) is 9.65. The van der Waals surface area contributed by atoms with Crippen LogP contribution in [0.1, 0.15) is 19.8 Å². The first kappa shape index (κ1) is 11.8. The summed E-state index contributed by atoms with van der Waals surface area (Å²) in [5, 5.41) is 13.4. The smallest absolute Gasteiger partial charge is 0.272 e. The second-order valence-corrected chi connectivity index (χ2v) is 4.62. The zero-order valence-electron chi connectivity index (χ0n) is 9.65. The highest BCUT2D eigenvalue weighted by atomic mass is 19.1. The molecule has 1 unspecified atom stereocenters. The van der Waals surface area contributed by atoms with Gasteiger partial charge < -0.3 is 5.32 Å². The highest BCUT2D eigenvalue weighted by molar-refractivity contribution is 5.50. The van der Waals surface area contributed by atoms with Gasteiger partial charge in [0, 0.05) is 12.6 Å². The quantitative estimate of drug-likeness (QED) is 0.633. The van der Waals surface area contributed by atoms with Crippen molar-refractivity contribution in [2.75, 3.05) is 11.9 Å². The molecule has 4 nitrogen and oxygen atoms in total. The van der Waals surface area contributed by atoms with E-state index in [-0.39, 0.29) is 5.69 Å². The van der Waals surface area contributed by atoms with Gasteiger partial charge in [-0.05, 0) is 30.7 Å². The first-order valence-corrected chi connectivity index (χ1v) is 5.75. The van der Waals surface area contributed by atoms with Gasteiger partial charge in [0.15, 0.2) is 5.82 Å². The normalized spacial score (nSPS) is 16.6. The SMILES string of the molecule is CC(CNc1ccc([N+](=O)[O-])cc1F)C1CC1. The minimum atomic E-state index is -0.598. The second-order valence-electron chi connectivity index (χ2n) is 4.62. The third-order valence-electron chi connectivity index (χ3n) is 3.20. The highest BCUT2D eigenvalue weighted by Gasteiger charge is 2.27. The van der Waals surface area contributed by atoms with Crippen molar-refractivity contribution in [3.05, 3.63) is 34.1 Å². The number of nitrogens with zero attached hydrogens (tertiary/aromatic N) is 1. The molecular weight excluding hydrogens is 223 g/mol. The molecule has 0 heterocycles. The Bertz CT molecular complexity index is 433. The third-order valence-corrected chi connectivity index (χ3v) is 3.20. The van der Waals surface area contributed by atoms with Gasteiger partial charge in [0.1, 0.15) is 0 Å². The maximum atomic E-state index is 13.5. The summed E-state index contributed by atoms with van der Waals surface area (Å²) in [6, 6.07) is 3.68. The lowest BCUT2D eigenvalue weighted by atomic mass is 10.1. The molecule has 0 spiro atoms. The molecule has 1 atom stereocenters. The maximum Gasteiger partial charge on any atom is 0.272 e. The summed E-state index contributed by atoms with van der Waals surface area (Å²) in [7, 11) is 0. The summed E-state index contributed by atoms with van der Waals surface area (Å²) >= 11 is 0. The van der Waals surface area contributed by atoms with Crippen molar-refractivity contribution < 1.29 is 9.31 Å². The van der Waals surface area contributed by atoms with Crippen LogP contribution >= 0.6 is 0 Å². The Morgan fingerprint density at radius 3 is 2.82 bits per heavy atom. The fourth-order valence-corrected chi connectivity index (χ4v) is 1.86. The summed E-state index contributed by atoms with van der Waals surface area (Å²) in [5.41, 5.74) is 0.117. The van der Waals surface area contributed by atoms with Gasteiger partial charge in [-0.1, -0.05) is 6.92 Å². The number of halogens is 1. The van der Waals surface area contributed by atoms with E-state index < -0.39 is 10.7 Å². The molecule has 17 heavy (non-hydrogen) atoms. The molecule has 1 aliphatic rings. The van der Waals surface area contributed by atoms with E-state index in [1.807, 2.05) is 0 Å². The van der Waals surface area contributed by atoms with Crippen LogP contribution in [0.3, 0.4) is 0 Å². The Balaban J connectivity index is 1.98. The fourth-order valence-electron chi connectivity index (χ4n) is 1.86. The molecule has 0 bridgehead atoms. The molecule has 1 aromatic carbocycles. The van der Waals surface area contributed by atoms with Crippen LogP contribution in [0.15, 0.2) is 18.2 Å². The van der Waals surface area contributed by atoms with Gasteiger partial charge in [0.2, 0.25) is 0 Å². The van der Waals surface area contributed by atoms with E-state index in [2.05, 4.69) is 12.2 Å². The molecule has 0 saturated heterocycles. The van der Waals surface area contributed by atoms with E-state index in [1.165, 1.54) is 25.0 Å². The van der Waals surface area contributed by atoms with Crippen LogP contribution in [0.2, 0.25) is 0 Å². The molecule has 0 aromatic heterocycles. The fraction of sp³-hybridized carbons (Fsp3) is 0.500. The van der Waals surface area contributed by atoms with E-state index in [1.54, 1.807) is 0 Å². The zero-order chi connectivity index (χ0) is 12.4. The summed E-state index contributed by atoms with van der Waals surface area (Å²) in [5.74, 6) is 0.704. The van der Waals surface area contributed by atoms with Crippen LogP contribution < -0.4 is 5.32 Å². The molecule has 1 aliphatic carbocycles. The van der Waals surface area contributed by atoms with E-state index >= 15 is 0 Å². The molecule has 1 aromatic rings. The van der Waals surface area contributed by atoms with Gasteiger partial charge in [-0.15, -0.1) is 0 Å². The standard InChI is InChI=1S/C12H15FN2O2/c1-8(9-2-3-9)7-14-12-5-4-10(15(16)17)6-11(12)13/h4-6,8-9,14H,2-3,7H2,1H3. The number of nitro groups is 1. The van der Waals surface area contributed by atoms with Crippen molar-refractivity contribution in [2.24, 2.45) is 11.8 Å². The molecule has 0 aliphatic heterocycles. The van der Waals surface area contributed by atoms with Gasteiger partial charge in [0.25, 0.3) is 5.69 Å². The average molecular weight is 238 g/mol. The molecule has 5 heteroatoms. The van der Waals surface area contributed by atoms with Crippen LogP contribution in [-0.4, -0.2) is 11.5 Å². The van der Waals surface area contributed by atoms with E-state index in [0.717, 1.165) is 12.0 Å². The predicted molar refractivity (Wildman–Crippen MR) is 63.4 cm³/mol. The Kier molecular flexibility index (Phi) is 3.26. The average Bonchev–Trinajstić information content (AvgIpc) is 3.10. The van der Waals surface area contributed by atoms with Crippen molar-refractivity contribution in [3.8, 4) is 0 Å². The summed E-state index contributed by atoms with van der Waals surface area (Å²) in [6.07, 6.45) is 2.51. The molecule has 0 amide bonds. The number of hydrogen-bond donors (Lipinski definition) is 1. The van der Waals surface area contributed by atoms with Crippen molar-refractivity contribution in [3.63, 3.8) is 0 Å². The van der Waals surface area contributed by atoms with Gasteiger partial charge in [-0.2, -0.15) is 0 Å². The molecule has 1 fully saturated rings. The molecule has 1 N–H and O–H groups in total. The molecular formula is C12H15FN2O2. The van der Waals surface area contributed by atoms with Gasteiger partial charge >= 0.3 is 0 Å². The Morgan fingerprint density at radius 1 is 1.59 bits per heavy atom. The lowest BCUT2D eigenvalue weighted by molar-refractivity contribution is -0.385. The number of rotatable bonds is 5. The summed E-state index contributed by atoms with van der Waals surface area (Å²) in [6.45, 7) is 2.84. The number of non-ortho nitro benzene ring substituents is 1. The summed E-state index contributed by atoms with van der Waals surface area (Å²) in [4.78, 5) is 9.85. The molecule has 92 valence electrons. The monoisotopic (exact) mass is 238 g/mol. The van der Waals surface area contributed by atoms with Gasteiger partial charge in [-0.25, -0.2) is 4.39 Å². The number of nitro benzene ring substituents is 1. The van der Waals surface area contributed by atoms with E-state index in [0.29, 0.717) is 18.2 Å².